The van der Waals surface area contributed by atoms with Gasteiger partial charge in [-0.05, 0) is 59.4 Å². The molecule has 4 bridgehead atoms. The lowest BCUT2D eigenvalue weighted by Crippen LogP contribution is -2.57. The van der Waals surface area contributed by atoms with Crippen molar-refractivity contribution in [3.8, 4) is 22.6 Å². The minimum atomic E-state index is -1.22. The van der Waals surface area contributed by atoms with Crippen molar-refractivity contribution in [3.63, 3.8) is 0 Å². The van der Waals surface area contributed by atoms with Crippen LogP contribution in [0.25, 0.3) is 11.1 Å². The molecular formula is C26H33N5O6. The predicted molar refractivity (Wildman–Crippen MR) is 135 cm³/mol. The van der Waals surface area contributed by atoms with E-state index in [-0.39, 0.29) is 43.3 Å². The summed E-state index contributed by atoms with van der Waals surface area (Å²) < 4.78 is 0. The molecule has 1 saturated carbocycles. The van der Waals surface area contributed by atoms with E-state index < -0.39 is 42.0 Å². The molecule has 0 spiro atoms. The van der Waals surface area contributed by atoms with Crippen molar-refractivity contribution < 1.29 is 29.7 Å². The molecule has 4 atom stereocenters. The van der Waals surface area contributed by atoms with E-state index in [1.54, 1.807) is 24.3 Å². The number of fused-ring (bicyclic) bond motifs is 5. The Labute approximate surface area is 214 Å². The van der Waals surface area contributed by atoms with Gasteiger partial charge in [-0.2, -0.15) is 0 Å². The Morgan fingerprint density at radius 1 is 0.973 bits per heavy atom. The Morgan fingerprint density at radius 3 is 2.14 bits per heavy atom. The number of aliphatic hydroxyl groups excluding tert-OH is 1. The molecule has 10 N–H and O–H groups in total. The van der Waals surface area contributed by atoms with E-state index in [0.717, 1.165) is 12.8 Å². The van der Waals surface area contributed by atoms with Gasteiger partial charge in [0.15, 0.2) is 0 Å². The zero-order chi connectivity index (χ0) is 26.7. The van der Waals surface area contributed by atoms with Gasteiger partial charge in [0.1, 0.15) is 23.6 Å². The van der Waals surface area contributed by atoms with Gasteiger partial charge in [-0.25, -0.2) is 0 Å². The van der Waals surface area contributed by atoms with Crippen molar-refractivity contribution in [1.82, 2.24) is 16.0 Å². The molecule has 1 aliphatic carbocycles. The number of hydrogen-bond acceptors (Lipinski definition) is 8. The first-order chi connectivity index (χ1) is 17.6. The van der Waals surface area contributed by atoms with Gasteiger partial charge in [-0.1, -0.05) is 12.1 Å². The first-order valence-corrected chi connectivity index (χ1v) is 12.3. The minimum absolute atomic E-state index is 0.0172. The van der Waals surface area contributed by atoms with Gasteiger partial charge in [-0.15, -0.1) is 0 Å². The van der Waals surface area contributed by atoms with Crippen LogP contribution in [0.3, 0.4) is 0 Å². The van der Waals surface area contributed by atoms with Crippen molar-refractivity contribution in [2.24, 2.45) is 11.5 Å². The van der Waals surface area contributed by atoms with Gasteiger partial charge in [-0.3, -0.25) is 14.4 Å². The molecule has 1 fully saturated rings. The molecule has 11 heteroatoms. The maximum atomic E-state index is 13.3. The third kappa shape index (κ3) is 6.56. The van der Waals surface area contributed by atoms with Gasteiger partial charge in [0.2, 0.25) is 17.7 Å². The Hall–Kier alpha value is -3.67. The maximum absolute atomic E-state index is 13.3. The lowest BCUT2D eigenvalue weighted by Gasteiger charge is -2.25. The normalized spacial score (nSPS) is 23.2. The molecule has 0 aromatic heterocycles. The van der Waals surface area contributed by atoms with Gasteiger partial charge >= 0.3 is 0 Å². The van der Waals surface area contributed by atoms with Crippen molar-refractivity contribution in [2.45, 2.75) is 62.4 Å². The SMILES string of the molecule is NC[C@H](O)C[C@H]1NC(=O)[C@@H](N)Cc2cc(ccc2O)-c2ccc(O)c(c2)C[C@H](C(=O)NC2CC2)NC1=O. The van der Waals surface area contributed by atoms with Crippen LogP contribution in [-0.4, -0.2) is 69.9 Å². The van der Waals surface area contributed by atoms with Crippen molar-refractivity contribution in [2.75, 3.05) is 6.54 Å². The topological polar surface area (TPSA) is 200 Å². The average molecular weight is 512 g/mol. The highest BCUT2D eigenvalue weighted by atomic mass is 16.3. The van der Waals surface area contributed by atoms with Crippen LogP contribution in [0.2, 0.25) is 0 Å². The number of carbonyl (C=O) groups excluding carboxylic acids is 3. The van der Waals surface area contributed by atoms with Crippen LogP contribution in [0.15, 0.2) is 36.4 Å². The molecule has 11 nitrogen and oxygen atoms in total. The molecule has 2 aliphatic rings. The highest BCUT2D eigenvalue weighted by Crippen LogP contribution is 2.31. The Morgan fingerprint density at radius 2 is 1.57 bits per heavy atom. The molecule has 0 unspecified atom stereocenters. The van der Waals surface area contributed by atoms with E-state index in [0.29, 0.717) is 22.3 Å². The minimum Gasteiger partial charge on any atom is -0.508 e. The molecule has 4 rings (SSSR count). The lowest BCUT2D eigenvalue weighted by molar-refractivity contribution is -0.133. The van der Waals surface area contributed by atoms with E-state index >= 15 is 0 Å². The van der Waals surface area contributed by atoms with Crippen LogP contribution >= 0.6 is 0 Å². The van der Waals surface area contributed by atoms with Crippen LogP contribution in [0.4, 0.5) is 0 Å². The summed E-state index contributed by atoms with van der Waals surface area (Å²) >= 11 is 0. The average Bonchev–Trinajstić information content (AvgIpc) is 3.68. The number of aliphatic hydroxyl groups is 1. The van der Waals surface area contributed by atoms with Crippen LogP contribution in [0.5, 0.6) is 11.5 Å². The summed E-state index contributed by atoms with van der Waals surface area (Å²) in [6.07, 6.45) is 0.366. The summed E-state index contributed by atoms with van der Waals surface area (Å²) in [6.45, 7) is -0.140. The second kappa shape index (κ2) is 11.2. The van der Waals surface area contributed by atoms with Crippen LogP contribution in [-0.2, 0) is 27.2 Å². The van der Waals surface area contributed by atoms with Crippen molar-refractivity contribution in [3.05, 3.63) is 47.5 Å². The zero-order valence-corrected chi connectivity index (χ0v) is 20.3. The number of rotatable bonds is 5. The molecule has 3 amide bonds. The Kier molecular flexibility index (Phi) is 7.96. The molecule has 0 saturated heterocycles. The number of amides is 3. The Bertz CT molecular complexity index is 1180. The predicted octanol–water partition coefficient (Wildman–Crippen LogP) is -0.851. The smallest absolute Gasteiger partial charge is 0.243 e. The molecule has 2 aromatic carbocycles. The first-order valence-electron chi connectivity index (χ1n) is 12.3. The number of aromatic hydroxyl groups is 2. The number of carbonyl (C=O) groups is 3. The number of nitrogens with one attached hydrogen (secondary N) is 3. The maximum Gasteiger partial charge on any atom is 0.243 e. The third-order valence-electron chi connectivity index (χ3n) is 6.66. The van der Waals surface area contributed by atoms with E-state index in [2.05, 4.69) is 16.0 Å². The van der Waals surface area contributed by atoms with Crippen LogP contribution < -0.4 is 27.4 Å². The molecule has 37 heavy (non-hydrogen) atoms. The molecule has 1 heterocycles. The number of benzene rings is 2. The van der Waals surface area contributed by atoms with Gasteiger partial charge in [0.25, 0.3) is 0 Å². The van der Waals surface area contributed by atoms with Gasteiger partial charge in [0.05, 0.1) is 12.1 Å². The fraction of sp³-hybridized carbons (Fsp3) is 0.423. The highest BCUT2D eigenvalue weighted by molar-refractivity contribution is 5.93. The lowest BCUT2D eigenvalue weighted by atomic mass is 9.95. The van der Waals surface area contributed by atoms with Gasteiger partial charge < -0.3 is 42.7 Å². The summed E-state index contributed by atoms with van der Waals surface area (Å²) in [5, 5.41) is 39.2. The van der Waals surface area contributed by atoms with Crippen molar-refractivity contribution in [1.29, 1.82) is 0 Å². The second-order valence-corrected chi connectivity index (χ2v) is 9.73. The number of nitrogens with two attached hydrogens (primary N) is 2. The number of phenolic OH excluding ortho intramolecular Hbond substituents is 2. The van der Waals surface area contributed by atoms with E-state index in [4.69, 9.17) is 11.5 Å². The molecule has 198 valence electrons. The van der Waals surface area contributed by atoms with E-state index in [9.17, 15) is 29.7 Å². The first kappa shape index (κ1) is 26.4. The third-order valence-corrected chi connectivity index (χ3v) is 6.66. The van der Waals surface area contributed by atoms with Crippen LogP contribution in [0, 0.1) is 0 Å². The quantitative estimate of drug-likeness (QED) is 0.254. The van der Waals surface area contributed by atoms with Crippen molar-refractivity contribution >= 4 is 17.7 Å². The standard InChI is InChI=1S/C26H33N5O6/c27-12-18(32)11-21-26(37)31-20(25(36)29-17-3-4-17)10-16-8-14(2-6-23(16)34)13-1-5-22(33)15(7-13)9-19(28)24(35)30-21/h1-2,5-8,17-21,32-34H,3-4,9-12,27-28H2,(H,29,36)(H,30,35)(H,31,37)/t18-,19+,20-,21-/m1/s1. The van der Waals surface area contributed by atoms with Crippen LogP contribution in [0.1, 0.15) is 30.4 Å². The largest absolute Gasteiger partial charge is 0.508 e. The second-order valence-electron chi connectivity index (χ2n) is 9.73. The summed E-state index contributed by atoms with van der Waals surface area (Å²) in [4.78, 5) is 39.3. The number of phenols is 2. The summed E-state index contributed by atoms with van der Waals surface area (Å²) in [7, 11) is 0. The fourth-order valence-corrected chi connectivity index (χ4v) is 4.30. The van der Waals surface area contributed by atoms with E-state index in [1.807, 2.05) is 0 Å². The van der Waals surface area contributed by atoms with Gasteiger partial charge in [0, 0.05) is 31.8 Å². The fourth-order valence-electron chi connectivity index (χ4n) is 4.30. The molecule has 0 radical (unpaired) electrons. The van der Waals surface area contributed by atoms with E-state index in [1.165, 1.54) is 12.1 Å². The monoisotopic (exact) mass is 511 g/mol. The Balaban J connectivity index is 1.76. The summed E-state index contributed by atoms with van der Waals surface area (Å²) in [5.74, 6) is -1.87. The summed E-state index contributed by atoms with van der Waals surface area (Å²) in [5.41, 5.74) is 13.9. The highest BCUT2D eigenvalue weighted by Gasteiger charge is 2.33. The number of hydrogen-bond donors (Lipinski definition) is 8. The molecule has 1 aliphatic heterocycles. The zero-order valence-electron chi connectivity index (χ0n) is 20.3. The molecular weight excluding hydrogens is 478 g/mol. The summed E-state index contributed by atoms with van der Waals surface area (Å²) in [6, 6.07) is 6.45. The molecule has 2 aromatic rings.